The van der Waals surface area contributed by atoms with Crippen molar-refractivity contribution in [2.45, 2.75) is 75.9 Å². The fraction of sp³-hybridized carbons (Fsp3) is 0.483. The molecule has 0 amide bonds. The van der Waals surface area contributed by atoms with Crippen LogP contribution in [0.1, 0.15) is 72.8 Å². The SMILES string of the molecule is C[C@H](Oc1cc(Oc2ccon2)nc(-c2noc3c2CCC[C@@]32CCCc3sc(N)c(C#N)c32)n1)[C@@H]1CCCN1C. The van der Waals surface area contributed by atoms with Gasteiger partial charge in [0.1, 0.15) is 23.4 Å². The number of aromatic nitrogens is 4. The third-order valence-electron chi connectivity index (χ3n) is 8.80. The molecule has 3 aliphatic rings. The first-order chi connectivity index (χ1) is 20.0. The van der Waals surface area contributed by atoms with Crippen molar-refractivity contribution in [1.29, 1.82) is 5.26 Å². The summed E-state index contributed by atoms with van der Waals surface area (Å²) in [6, 6.07) is 5.94. The van der Waals surface area contributed by atoms with E-state index in [1.54, 1.807) is 12.1 Å². The molecule has 11 nitrogen and oxygen atoms in total. The lowest BCUT2D eigenvalue weighted by atomic mass is 9.63. The van der Waals surface area contributed by atoms with Crippen LogP contribution in [0.2, 0.25) is 0 Å². The van der Waals surface area contributed by atoms with Gasteiger partial charge in [0.25, 0.3) is 5.88 Å². The smallest absolute Gasteiger partial charge is 0.260 e. The van der Waals surface area contributed by atoms with Gasteiger partial charge in [-0.05, 0) is 82.6 Å². The molecule has 1 aliphatic heterocycles. The van der Waals surface area contributed by atoms with Gasteiger partial charge in [0, 0.05) is 22.5 Å². The van der Waals surface area contributed by atoms with Crippen LogP contribution in [0, 0.1) is 11.3 Å². The molecule has 1 spiro atoms. The number of fused-ring (bicyclic) bond motifs is 4. The minimum absolute atomic E-state index is 0.0891. The molecule has 0 saturated carbocycles. The van der Waals surface area contributed by atoms with Crippen LogP contribution in [0.25, 0.3) is 11.5 Å². The van der Waals surface area contributed by atoms with E-state index in [1.165, 1.54) is 22.5 Å². The van der Waals surface area contributed by atoms with E-state index in [1.807, 2.05) is 0 Å². The summed E-state index contributed by atoms with van der Waals surface area (Å²) >= 11 is 1.53. The Morgan fingerprint density at radius 3 is 2.76 bits per heavy atom. The molecule has 0 unspecified atom stereocenters. The zero-order chi connectivity index (χ0) is 28.1. The summed E-state index contributed by atoms with van der Waals surface area (Å²) in [6.07, 6.45) is 8.92. The van der Waals surface area contributed by atoms with Crippen LogP contribution in [0.3, 0.4) is 0 Å². The molecule has 212 valence electrons. The number of nitrogen functional groups attached to an aromatic ring is 1. The van der Waals surface area contributed by atoms with Crippen LogP contribution in [0.4, 0.5) is 5.00 Å². The van der Waals surface area contributed by atoms with Gasteiger partial charge < -0.3 is 24.3 Å². The van der Waals surface area contributed by atoms with Crippen molar-refractivity contribution in [3.63, 3.8) is 0 Å². The summed E-state index contributed by atoms with van der Waals surface area (Å²) < 4.78 is 23.4. The van der Waals surface area contributed by atoms with Crippen LogP contribution in [0.5, 0.6) is 17.6 Å². The van der Waals surface area contributed by atoms with E-state index in [9.17, 15) is 5.26 Å². The van der Waals surface area contributed by atoms with Crippen molar-refractivity contribution in [1.82, 2.24) is 25.2 Å². The molecular weight excluding hydrogens is 542 g/mol. The molecule has 0 aromatic carbocycles. The molecule has 41 heavy (non-hydrogen) atoms. The summed E-state index contributed by atoms with van der Waals surface area (Å²) in [5, 5.41) is 19.0. The average Bonchev–Trinajstić information content (AvgIpc) is 3.76. The maximum Gasteiger partial charge on any atom is 0.260 e. The molecule has 2 aliphatic carbocycles. The lowest BCUT2D eigenvalue weighted by molar-refractivity contribution is 0.116. The number of thiophene rings is 1. The molecule has 3 atom stereocenters. The summed E-state index contributed by atoms with van der Waals surface area (Å²) in [5.41, 5.74) is 9.01. The summed E-state index contributed by atoms with van der Waals surface area (Å²) in [6.45, 7) is 3.11. The number of hydrogen-bond acceptors (Lipinski definition) is 12. The molecular formula is C29H31N7O4S. The Bertz CT molecular complexity index is 1620. The Morgan fingerprint density at radius 2 is 2.00 bits per heavy atom. The van der Waals surface area contributed by atoms with Crippen LogP contribution < -0.4 is 15.2 Å². The zero-order valence-corrected chi connectivity index (χ0v) is 23.9. The van der Waals surface area contributed by atoms with Crippen molar-refractivity contribution in [3.8, 4) is 35.2 Å². The Labute approximate surface area is 241 Å². The minimum atomic E-state index is -0.429. The van der Waals surface area contributed by atoms with E-state index in [0.29, 0.717) is 34.0 Å². The highest BCUT2D eigenvalue weighted by molar-refractivity contribution is 7.16. The maximum atomic E-state index is 10.0. The number of likely N-dealkylation sites (tertiary alicyclic amines) is 1. The van der Waals surface area contributed by atoms with Gasteiger partial charge in [0.2, 0.25) is 11.8 Å². The summed E-state index contributed by atoms with van der Waals surface area (Å²) in [5.74, 6) is 2.09. The van der Waals surface area contributed by atoms with Crippen LogP contribution in [0.15, 0.2) is 27.4 Å². The number of rotatable bonds is 6. The van der Waals surface area contributed by atoms with Crippen LogP contribution in [-0.4, -0.2) is 50.9 Å². The molecule has 7 rings (SSSR count). The van der Waals surface area contributed by atoms with E-state index in [-0.39, 0.29) is 17.9 Å². The quantitative estimate of drug-likeness (QED) is 0.322. The second-order valence-electron chi connectivity index (χ2n) is 11.2. The highest BCUT2D eigenvalue weighted by Gasteiger charge is 2.48. The van der Waals surface area contributed by atoms with Crippen LogP contribution in [-0.2, 0) is 18.3 Å². The predicted octanol–water partition coefficient (Wildman–Crippen LogP) is 5.25. The Morgan fingerprint density at radius 1 is 1.17 bits per heavy atom. The number of nitriles is 1. The fourth-order valence-corrected chi connectivity index (χ4v) is 8.16. The second-order valence-corrected chi connectivity index (χ2v) is 12.3. The molecule has 12 heteroatoms. The van der Waals surface area contributed by atoms with Gasteiger partial charge in [0.05, 0.1) is 17.0 Å². The highest BCUT2D eigenvalue weighted by Crippen LogP contribution is 2.55. The lowest BCUT2D eigenvalue weighted by Gasteiger charge is -2.39. The zero-order valence-electron chi connectivity index (χ0n) is 23.1. The number of nitrogens with two attached hydrogens (primary N) is 1. The van der Waals surface area contributed by atoms with Gasteiger partial charge >= 0.3 is 0 Å². The van der Waals surface area contributed by atoms with Crippen molar-refractivity contribution < 1.29 is 18.5 Å². The number of hydrogen-bond donors (Lipinski definition) is 1. The number of nitrogens with zero attached hydrogens (tertiary/aromatic N) is 6. The van der Waals surface area contributed by atoms with E-state index in [0.717, 1.165) is 74.8 Å². The van der Waals surface area contributed by atoms with Crippen molar-refractivity contribution in [2.24, 2.45) is 0 Å². The molecule has 5 heterocycles. The Kier molecular flexibility index (Phi) is 6.43. The molecule has 4 aromatic rings. The van der Waals surface area contributed by atoms with E-state index in [4.69, 9.17) is 34.2 Å². The van der Waals surface area contributed by atoms with Crippen LogP contribution >= 0.6 is 11.3 Å². The largest absolute Gasteiger partial charge is 0.473 e. The molecule has 0 bridgehead atoms. The van der Waals surface area contributed by atoms with E-state index in [2.05, 4.69) is 35.3 Å². The van der Waals surface area contributed by atoms with E-state index >= 15 is 0 Å². The summed E-state index contributed by atoms with van der Waals surface area (Å²) in [7, 11) is 2.12. The monoisotopic (exact) mass is 573 g/mol. The first-order valence-corrected chi connectivity index (χ1v) is 14.9. The normalized spacial score (nSPS) is 22.7. The predicted molar refractivity (Wildman–Crippen MR) is 150 cm³/mol. The highest BCUT2D eigenvalue weighted by atomic mass is 32.1. The van der Waals surface area contributed by atoms with Gasteiger partial charge in [-0.1, -0.05) is 5.16 Å². The molecule has 0 radical (unpaired) electrons. The maximum absolute atomic E-state index is 10.0. The van der Waals surface area contributed by atoms with Gasteiger partial charge in [-0.15, -0.1) is 11.3 Å². The van der Waals surface area contributed by atoms with Crippen molar-refractivity contribution in [3.05, 3.63) is 45.7 Å². The number of ether oxygens (including phenoxy) is 2. The minimum Gasteiger partial charge on any atom is -0.473 e. The molecule has 4 aromatic heterocycles. The number of likely N-dealkylation sites (N-methyl/N-ethyl adjacent to an activating group) is 1. The Hall–Kier alpha value is -3.95. The average molecular weight is 574 g/mol. The van der Waals surface area contributed by atoms with Gasteiger partial charge in [0.15, 0.2) is 17.3 Å². The third kappa shape index (κ3) is 4.35. The van der Waals surface area contributed by atoms with Gasteiger partial charge in [-0.3, -0.25) is 4.90 Å². The first-order valence-electron chi connectivity index (χ1n) is 14.1. The summed E-state index contributed by atoms with van der Waals surface area (Å²) in [4.78, 5) is 13.0. The topological polar surface area (TPSA) is 149 Å². The molecule has 1 saturated heterocycles. The molecule has 1 fully saturated rings. The first kappa shape index (κ1) is 26.0. The van der Waals surface area contributed by atoms with Crippen molar-refractivity contribution in [2.75, 3.05) is 19.3 Å². The van der Waals surface area contributed by atoms with Crippen molar-refractivity contribution >= 4 is 16.3 Å². The second kappa shape index (κ2) is 10.2. The third-order valence-corrected chi connectivity index (χ3v) is 9.88. The standard InChI is InChI=1S/C29H31N7O4S/c1-16(19-7-5-12-36(19)2)38-22-14-23(39-21-9-13-37-34-21)33-28(32-22)25-17-6-3-10-29(26(17)40-35-25)11-4-8-20-24(29)18(15-30)27(31)41-20/h9,13-14,16,19H,3-8,10-12,31H2,1-2H3/t16-,19-,29-/m0/s1. The fourth-order valence-electron chi connectivity index (χ4n) is 7.00. The Balaban J connectivity index is 1.30. The van der Waals surface area contributed by atoms with Gasteiger partial charge in [-0.2, -0.15) is 15.2 Å². The molecule has 2 N–H and O–H groups in total. The van der Waals surface area contributed by atoms with Gasteiger partial charge in [-0.25, -0.2) is 0 Å². The lowest BCUT2D eigenvalue weighted by Crippen LogP contribution is -2.38. The van der Waals surface area contributed by atoms with E-state index < -0.39 is 5.41 Å². The number of anilines is 1. The number of aryl methyl sites for hydroxylation is 1.